The Balaban J connectivity index is 1.87. The standard InChI is InChI=1S/C16H21N3O/c1-3-10-20-13-8-6-11(7-9-13)14-15(17)19(2)16(18-14)12-4-5-12/h6-9,12H,3-5,10,17H2,1-2H3. The molecular formula is C16H21N3O. The second-order valence-corrected chi connectivity index (χ2v) is 5.41. The maximum Gasteiger partial charge on any atom is 0.131 e. The van der Waals surface area contributed by atoms with Crippen LogP contribution in [0, 0.1) is 0 Å². The van der Waals surface area contributed by atoms with E-state index in [1.54, 1.807) is 0 Å². The van der Waals surface area contributed by atoms with Crippen LogP contribution in [0.4, 0.5) is 5.82 Å². The Morgan fingerprint density at radius 1 is 1.30 bits per heavy atom. The van der Waals surface area contributed by atoms with Gasteiger partial charge in [0.1, 0.15) is 23.1 Å². The third kappa shape index (κ3) is 2.38. The smallest absolute Gasteiger partial charge is 0.131 e. The van der Waals surface area contributed by atoms with Crippen LogP contribution in [-0.4, -0.2) is 16.2 Å². The van der Waals surface area contributed by atoms with E-state index in [1.165, 1.54) is 12.8 Å². The summed E-state index contributed by atoms with van der Waals surface area (Å²) >= 11 is 0. The number of imidazole rings is 1. The van der Waals surface area contributed by atoms with E-state index < -0.39 is 0 Å². The molecule has 0 amide bonds. The topological polar surface area (TPSA) is 53.1 Å². The molecule has 1 fully saturated rings. The Labute approximate surface area is 119 Å². The molecule has 0 bridgehead atoms. The molecule has 1 aliphatic carbocycles. The average molecular weight is 271 g/mol. The van der Waals surface area contributed by atoms with Crippen LogP contribution < -0.4 is 10.5 Å². The first-order valence-corrected chi connectivity index (χ1v) is 7.26. The zero-order chi connectivity index (χ0) is 14.1. The van der Waals surface area contributed by atoms with E-state index in [-0.39, 0.29) is 0 Å². The van der Waals surface area contributed by atoms with Crippen molar-refractivity contribution < 1.29 is 4.74 Å². The van der Waals surface area contributed by atoms with Gasteiger partial charge in [-0.25, -0.2) is 4.98 Å². The van der Waals surface area contributed by atoms with Crippen molar-refractivity contribution >= 4 is 5.82 Å². The van der Waals surface area contributed by atoms with Gasteiger partial charge in [-0.05, 0) is 43.5 Å². The highest BCUT2D eigenvalue weighted by Crippen LogP contribution is 2.41. The van der Waals surface area contributed by atoms with E-state index in [2.05, 4.69) is 6.92 Å². The first-order valence-electron chi connectivity index (χ1n) is 7.26. The molecule has 0 atom stereocenters. The number of rotatable bonds is 5. The van der Waals surface area contributed by atoms with Crippen molar-refractivity contribution in [3.8, 4) is 17.0 Å². The van der Waals surface area contributed by atoms with Gasteiger partial charge in [0.05, 0.1) is 6.61 Å². The van der Waals surface area contributed by atoms with Gasteiger partial charge in [-0.1, -0.05) is 6.92 Å². The highest BCUT2D eigenvalue weighted by molar-refractivity contribution is 5.71. The summed E-state index contributed by atoms with van der Waals surface area (Å²) in [6.45, 7) is 2.85. The molecule has 4 heteroatoms. The summed E-state index contributed by atoms with van der Waals surface area (Å²) in [5.74, 6) is 3.36. The molecule has 2 aromatic rings. The van der Waals surface area contributed by atoms with Gasteiger partial charge in [0.25, 0.3) is 0 Å². The average Bonchev–Trinajstić information content (AvgIpc) is 3.26. The summed E-state index contributed by atoms with van der Waals surface area (Å²) in [7, 11) is 2.00. The van der Waals surface area contributed by atoms with Gasteiger partial charge in [0.2, 0.25) is 0 Å². The number of nitrogens with two attached hydrogens (primary N) is 1. The summed E-state index contributed by atoms with van der Waals surface area (Å²) in [4.78, 5) is 4.73. The Kier molecular flexibility index (Phi) is 3.38. The first-order chi connectivity index (χ1) is 9.70. The molecule has 4 nitrogen and oxygen atoms in total. The number of benzene rings is 1. The zero-order valence-corrected chi connectivity index (χ0v) is 12.1. The monoisotopic (exact) mass is 271 g/mol. The van der Waals surface area contributed by atoms with Crippen molar-refractivity contribution in [1.29, 1.82) is 0 Å². The van der Waals surface area contributed by atoms with Crippen molar-refractivity contribution in [1.82, 2.24) is 9.55 Å². The number of nitrogen functional groups attached to an aromatic ring is 1. The zero-order valence-electron chi connectivity index (χ0n) is 12.1. The molecule has 1 aromatic carbocycles. The molecule has 0 aliphatic heterocycles. The molecule has 0 unspecified atom stereocenters. The van der Waals surface area contributed by atoms with Crippen LogP contribution >= 0.6 is 0 Å². The lowest BCUT2D eigenvalue weighted by molar-refractivity contribution is 0.317. The highest BCUT2D eigenvalue weighted by Gasteiger charge is 2.29. The number of hydrogen-bond donors (Lipinski definition) is 1. The predicted octanol–water partition coefficient (Wildman–Crippen LogP) is 3.34. The van der Waals surface area contributed by atoms with Crippen LogP contribution in [-0.2, 0) is 7.05 Å². The maximum absolute atomic E-state index is 6.19. The summed E-state index contributed by atoms with van der Waals surface area (Å²) in [6.07, 6.45) is 3.47. The predicted molar refractivity (Wildman–Crippen MR) is 80.8 cm³/mol. The fraction of sp³-hybridized carbons (Fsp3) is 0.438. The molecule has 1 saturated carbocycles. The van der Waals surface area contributed by atoms with Crippen LogP contribution in [0.25, 0.3) is 11.3 Å². The Morgan fingerprint density at radius 2 is 2.00 bits per heavy atom. The molecule has 2 N–H and O–H groups in total. The molecule has 3 rings (SSSR count). The number of aromatic nitrogens is 2. The van der Waals surface area contributed by atoms with Gasteiger partial charge in [-0.3, -0.25) is 0 Å². The lowest BCUT2D eigenvalue weighted by Crippen LogP contribution is -2.00. The largest absolute Gasteiger partial charge is 0.494 e. The summed E-state index contributed by atoms with van der Waals surface area (Å²) < 4.78 is 7.62. The first kappa shape index (κ1) is 13.0. The van der Waals surface area contributed by atoms with E-state index in [4.69, 9.17) is 15.5 Å². The lowest BCUT2D eigenvalue weighted by atomic mass is 10.1. The van der Waals surface area contributed by atoms with Crippen LogP contribution in [0.1, 0.15) is 37.9 Å². The second kappa shape index (κ2) is 5.19. The van der Waals surface area contributed by atoms with E-state index in [0.717, 1.165) is 41.7 Å². The van der Waals surface area contributed by atoms with Crippen LogP contribution in [0.15, 0.2) is 24.3 Å². The SMILES string of the molecule is CCCOc1ccc(-c2nc(C3CC3)n(C)c2N)cc1. The maximum atomic E-state index is 6.19. The fourth-order valence-corrected chi connectivity index (χ4v) is 2.38. The van der Waals surface area contributed by atoms with E-state index in [9.17, 15) is 0 Å². The van der Waals surface area contributed by atoms with Gasteiger partial charge >= 0.3 is 0 Å². The van der Waals surface area contributed by atoms with E-state index in [0.29, 0.717) is 5.92 Å². The molecule has 106 valence electrons. The van der Waals surface area contributed by atoms with Gasteiger partial charge in [0, 0.05) is 18.5 Å². The minimum absolute atomic E-state index is 0.600. The molecule has 1 aliphatic rings. The number of anilines is 1. The number of nitrogens with zero attached hydrogens (tertiary/aromatic N) is 2. The molecule has 0 radical (unpaired) electrons. The minimum atomic E-state index is 0.600. The lowest BCUT2D eigenvalue weighted by Gasteiger charge is -2.05. The summed E-state index contributed by atoms with van der Waals surface area (Å²) in [5.41, 5.74) is 8.12. The Hall–Kier alpha value is -1.97. The highest BCUT2D eigenvalue weighted by atomic mass is 16.5. The van der Waals surface area contributed by atoms with Crippen LogP contribution in [0.2, 0.25) is 0 Å². The quantitative estimate of drug-likeness (QED) is 0.907. The Morgan fingerprint density at radius 3 is 2.60 bits per heavy atom. The van der Waals surface area contributed by atoms with Crippen molar-refractivity contribution in [3.05, 3.63) is 30.1 Å². The molecule has 1 aromatic heterocycles. The van der Waals surface area contributed by atoms with E-state index >= 15 is 0 Å². The molecular weight excluding hydrogens is 250 g/mol. The number of hydrogen-bond acceptors (Lipinski definition) is 3. The third-order valence-electron chi connectivity index (χ3n) is 3.72. The summed E-state index contributed by atoms with van der Waals surface area (Å²) in [5, 5.41) is 0. The molecule has 20 heavy (non-hydrogen) atoms. The van der Waals surface area contributed by atoms with Gasteiger partial charge in [-0.15, -0.1) is 0 Å². The molecule has 1 heterocycles. The van der Waals surface area contributed by atoms with Crippen molar-refractivity contribution in [3.63, 3.8) is 0 Å². The molecule has 0 spiro atoms. The minimum Gasteiger partial charge on any atom is -0.494 e. The van der Waals surface area contributed by atoms with Crippen molar-refractivity contribution in [2.45, 2.75) is 32.1 Å². The van der Waals surface area contributed by atoms with Crippen molar-refractivity contribution in [2.24, 2.45) is 7.05 Å². The van der Waals surface area contributed by atoms with Gasteiger partial charge in [-0.2, -0.15) is 0 Å². The number of ether oxygens (including phenoxy) is 1. The summed E-state index contributed by atoms with van der Waals surface area (Å²) in [6, 6.07) is 8.02. The van der Waals surface area contributed by atoms with Gasteiger partial charge in [0.15, 0.2) is 0 Å². The van der Waals surface area contributed by atoms with Crippen LogP contribution in [0.3, 0.4) is 0 Å². The normalized spacial score (nSPS) is 14.5. The Bertz CT molecular complexity index is 597. The van der Waals surface area contributed by atoms with Crippen LogP contribution in [0.5, 0.6) is 5.75 Å². The fourth-order valence-electron chi connectivity index (χ4n) is 2.38. The van der Waals surface area contributed by atoms with Gasteiger partial charge < -0.3 is 15.0 Å². The van der Waals surface area contributed by atoms with Crippen molar-refractivity contribution in [2.75, 3.05) is 12.3 Å². The molecule has 0 saturated heterocycles. The van der Waals surface area contributed by atoms with E-state index in [1.807, 2.05) is 35.9 Å². The second-order valence-electron chi connectivity index (χ2n) is 5.41. The third-order valence-corrected chi connectivity index (χ3v) is 3.72.